The molecule has 0 aliphatic carbocycles. The maximum atomic E-state index is 13.7. The van der Waals surface area contributed by atoms with Crippen molar-refractivity contribution in [1.82, 2.24) is 4.90 Å². The van der Waals surface area contributed by atoms with Gasteiger partial charge >= 0.3 is 0 Å². The first-order chi connectivity index (χ1) is 12.9. The van der Waals surface area contributed by atoms with Crippen molar-refractivity contribution in [2.75, 3.05) is 17.2 Å². The van der Waals surface area contributed by atoms with Gasteiger partial charge in [-0.25, -0.2) is 4.39 Å². The molecule has 27 heavy (non-hydrogen) atoms. The van der Waals surface area contributed by atoms with E-state index in [1.54, 1.807) is 42.5 Å². The number of likely N-dealkylation sites (tertiary alicyclic amines) is 1. The molecular formula is C20H20FN3O3. The molecular weight excluding hydrogens is 349 g/mol. The Bertz CT molecular complexity index is 884. The normalized spacial score (nSPS) is 16.5. The molecule has 2 aromatic rings. The Morgan fingerprint density at radius 1 is 1.15 bits per heavy atom. The highest BCUT2D eigenvalue weighted by molar-refractivity contribution is 6.06. The van der Waals surface area contributed by atoms with Crippen LogP contribution in [0.3, 0.4) is 0 Å². The number of carbonyl (C=O) groups excluding carboxylic acids is 3. The van der Waals surface area contributed by atoms with Crippen molar-refractivity contribution in [1.29, 1.82) is 0 Å². The van der Waals surface area contributed by atoms with Crippen LogP contribution in [-0.2, 0) is 20.8 Å². The van der Waals surface area contributed by atoms with E-state index in [1.807, 2.05) is 0 Å². The molecule has 1 unspecified atom stereocenters. The number of carbonyl (C=O) groups is 3. The minimum Gasteiger partial charge on any atom is -0.373 e. The van der Waals surface area contributed by atoms with Gasteiger partial charge in [-0.05, 0) is 36.2 Å². The molecule has 0 bridgehead atoms. The van der Waals surface area contributed by atoms with Crippen molar-refractivity contribution < 1.29 is 18.8 Å². The molecule has 7 heteroatoms. The van der Waals surface area contributed by atoms with Gasteiger partial charge in [0.15, 0.2) is 0 Å². The Morgan fingerprint density at radius 3 is 2.63 bits per heavy atom. The Hall–Kier alpha value is -3.22. The average molecular weight is 369 g/mol. The number of rotatable bonds is 6. The molecule has 1 saturated heterocycles. The quantitative estimate of drug-likeness (QED) is 0.767. The van der Waals surface area contributed by atoms with Gasteiger partial charge < -0.3 is 10.6 Å². The van der Waals surface area contributed by atoms with Crippen LogP contribution in [0.25, 0.3) is 0 Å². The van der Waals surface area contributed by atoms with E-state index in [9.17, 15) is 18.8 Å². The Labute approximate surface area is 156 Å². The highest BCUT2D eigenvalue weighted by atomic mass is 19.1. The molecule has 2 aromatic carbocycles. The molecule has 1 heterocycles. The van der Waals surface area contributed by atoms with E-state index < -0.39 is 6.04 Å². The lowest BCUT2D eigenvalue weighted by molar-refractivity contribution is -0.138. The second kappa shape index (κ2) is 7.99. The van der Waals surface area contributed by atoms with Gasteiger partial charge in [-0.3, -0.25) is 19.3 Å². The number of halogens is 1. The van der Waals surface area contributed by atoms with Gasteiger partial charge in [-0.2, -0.15) is 0 Å². The van der Waals surface area contributed by atoms with Gasteiger partial charge in [-0.1, -0.05) is 24.3 Å². The molecule has 1 atom stereocenters. The maximum Gasteiger partial charge on any atom is 0.252 e. The zero-order chi connectivity index (χ0) is 19.4. The van der Waals surface area contributed by atoms with E-state index in [4.69, 9.17) is 0 Å². The number of hydrogen-bond acceptors (Lipinski definition) is 4. The topological polar surface area (TPSA) is 78.5 Å². The molecule has 3 rings (SSSR count). The number of anilines is 2. The van der Waals surface area contributed by atoms with Crippen LogP contribution >= 0.6 is 0 Å². The van der Waals surface area contributed by atoms with E-state index in [0.29, 0.717) is 16.9 Å². The van der Waals surface area contributed by atoms with Crippen LogP contribution < -0.4 is 10.6 Å². The number of nitrogens with one attached hydrogen (secondary N) is 2. The Morgan fingerprint density at radius 2 is 1.89 bits per heavy atom. The molecule has 0 radical (unpaired) electrons. The van der Waals surface area contributed by atoms with E-state index in [1.165, 1.54) is 17.9 Å². The lowest BCUT2D eigenvalue weighted by Gasteiger charge is -2.16. The largest absolute Gasteiger partial charge is 0.373 e. The Balaban J connectivity index is 1.64. The van der Waals surface area contributed by atoms with Crippen LogP contribution in [-0.4, -0.2) is 35.2 Å². The summed E-state index contributed by atoms with van der Waals surface area (Å²) in [5.74, 6) is -1.16. The summed E-state index contributed by atoms with van der Waals surface area (Å²) in [5.41, 5.74) is 1.70. The van der Waals surface area contributed by atoms with Gasteiger partial charge in [0.05, 0.1) is 6.42 Å². The minimum atomic E-state index is -0.675. The van der Waals surface area contributed by atoms with Crippen molar-refractivity contribution in [2.24, 2.45) is 0 Å². The number of amides is 3. The summed E-state index contributed by atoms with van der Waals surface area (Å²) in [6.45, 7) is 1.55. The third-order valence-corrected chi connectivity index (χ3v) is 4.33. The first-order valence-electron chi connectivity index (χ1n) is 8.66. The van der Waals surface area contributed by atoms with Crippen molar-refractivity contribution >= 4 is 29.1 Å². The molecule has 0 aromatic heterocycles. The monoisotopic (exact) mass is 369 g/mol. The molecule has 3 amide bonds. The average Bonchev–Trinajstić information content (AvgIpc) is 2.87. The van der Waals surface area contributed by atoms with Gasteiger partial charge in [0.2, 0.25) is 11.8 Å². The molecule has 140 valence electrons. The van der Waals surface area contributed by atoms with Crippen molar-refractivity contribution in [2.45, 2.75) is 25.8 Å². The maximum absolute atomic E-state index is 13.7. The summed E-state index contributed by atoms with van der Waals surface area (Å²) < 4.78 is 13.7. The Kier molecular flexibility index (Phi) is 5.49. The molecule has 0 spiro atoms. The molecule has 2 N–H and O–H groups in total. The van der Waals surface area contributed by atoms with E-state index in [-0.39, 0.29) is 42.9 Å². The van der Waals surface area contributed by atoms with Crippen molar-refractivity contribution in [3.8, 4) is 0 Å². The van der Waals surface area contributed by atoms with Gasteiger partial charge in [0.1, 0.15) is 11.9 Å². The summed E-state index contributed by atoms with van der Waals surface area (Å²) in [7, 11) is 0. The van der Waals surface area contributed by atoms with Crippen molar-refractivity contribution in [3.05, 3.63) is 59.9 Å². The van der Waals surface area contributed by atoms with Crippen LogP contribution in [0.15, 0.2) is 48.5 Å². The first kappa shape index (κ1) is 18.6. The summed E-state index contributed by atoms with van der Waals surface area (Å²) in [4.78, 5) is 37.1. The third-order valence-electron chi connectivity index (χ3n) is 4.33. The first-order valence-corrected chi connectivity index (χ1v) is 8.66. The van der Waals surface area contributed by atoms with Crippen LogP contribution in [0, 0.1) is 5.82 Å². The standard InChI is InChI=1S/C20H20FN3O3/c1-13(25)22-15-6-4-7-16(11-15)23-18-12-19(26)24(20(18)27)10-9-14-5-2-3-8-17(14)21/h2-8,11,18,23H,9-10,12H2,1H3,(H,22,25). The predicted octanol–water partition coefficient (Wildman–Crippen LogP) is 2.57. The molecule has 0 saturated carbocycles. The number of hydrogen-bond donors (Lipinski definition) is 2. The number of benzene rings is 2. The lowest BCUT2D eigenvalue weighted by atomic mass is 10.1. The fourth-order valence-corrected chi connectivity index (χ4v) is 3.06. The second-order valence-electron chi connectivity index (χ2n) is 6.39. The van der Waals surface area contributed by atoms with Crippen LogP contribution in [0.2, 0.25) is 0 Å². The van der Waals surface area contributed by atoms with Crippen LogP contribution in [0.5, 0.6) is 0 Å². The highest BCUT2D eigenvalue weighted by Gasteiger charge is 2.38. The van der Waals surface area contributed by atoms with Crippen molar-refractivity contribution in [3.63, 3.8) is 0 Å². The lowest BCUT2D eigenvalue weighted by Crippen LogP contribution is -2.36. The van der Waals surface area contributed by atoms with Gasteiger partial charge in [0, 0.05) is 24.8 Å². The predicted molar refractivity (Wildman–Crippen MR) is 99.6 cm³/mol. The second-order valence-corrected chi connectivity index (χ2v) is 6.39. The van der Waals surface area contributed by atoms with Crippen LogP contribution in [0.1, 0.15) is 18.9 Å². The fourth-order valence-electron chi connectivity index (χ4n) is 3.06. The van der Waals surface area contributed by atoms with Crippen LogP contribution in [0.4, 0.5) is 15.8 Å². The van der Waals surface area contributed by atoms with Gasteiger partial charge in [-0.15, -0.1) is 0 Å². The smallest absolute Gasteiger partial charge is 0.252 e. The third kappa shape index (κ3) is 4.49. The minimum absolute atomic E-state index is 0.0421. The fraction of sp³-hybridized carbons (Fsp3) is 0.250. The number of imide groups is 1. The zero-order valence-electron chi connectivity index (χ0n) is 14.9. The van der Waals surface area contributed by atoms with E-state index in [0.717, 1.165) is 0 Å². The van der Waals surface area contributed by atoms with E-state index >= 15 is 0 Å². The summed E-state index contributed by atoms with van der Waals surface area (Å²) in [6, 6.07) is 12.6. The molecule has 6 nitrogen and oxygen atoms in total. The molecule has 1 aliphatic heterocycles. The van der Waals surface area contributed by atoms with Gasteiger partial charge in [0.25, 0.3) is 5.91 Å². The van der Waals surface area contributed by atoms with E-state index in [2.05, 4.69) is 10.6 Å². The SMILES string of the molecule is CC(=O)Nc1cccc(NC2CC(=O)N(CCc3ccccc3F)C2=O)c1. The molecule has 1 fully saturated rings. The summed E-state index contributed by atoms with van der Waals surface area (Å²) in [6.07, 6.45) is 0.315. The number of nitrogens with zero attached hydrogens (tertiary/aromatic N) is 1. The molecule has 1 aliphatic rings. The summed E-state index contributed by atoms with van der Waals surface area (Å²) in [5, 5.41) is 5.70. The highest BCUT2D eigenvalue weighted by Crippen LogP contribution is 2.21. The summed E-state index contributed by atoms with van der Waals surface area (Å²) >= 11 is 0. The zero-order valence-corrected chi connectivity index (χ0v) is 14.9.